The van der Waals surface area contributed by atoms with Crippen LogP contribution < -0.4 is 4.74 Å². The predicted octanol–water partition coefficient (Wildman–Crippen LogP) is 2.77. The molecule has 1 N–H and O–H groups in total. The number of aromatic nitrogens is 1. The Morgan fingerprint density at radius 1 is 1.35 bits per heavy atom. The molecule has 1 aliphatic rings. The maximum Gasteiger partial charge on any atom is 0.325 e. The second-order valence-electron chi connectivity index (χ2n) is 7.08. The van der Waals surface area contributed by atoms with Crippen molar-refractivity contribution in [2.75, 3.05) is 19.7 Å². The zero-order valence-electron chi connectivity index (χ0n) is 15.0. The number of benzene rings is 1. The zero-order valence-corrected chi connectivity index (χ0v) is 15.0. The number of carboxylic acids is 1. The van der Waals surface area contributed by atoms with E-state index in [1.165, 1.54) is 0 Å². The molecule has 6 heteroatoms. The van der Waals surface area contributed by atoms with Crippen molar-refractivity contribution in [3.63, 3.8) is 0 Å². The highest BCUT2D eigenvalue weighted by atomic mass is 16.5. The van der Waals surface area contributed by atoms with Crippen molar-refractivity contribution >= 4 is 5.97 Å². The van der Waals surface area contributed by atoms with E-state index in [-0.39, 0.29) is 6.10 Å². The minimum atomic E-state index is -0.890. The Bertz CT molecular complexity index is 721. The van der Waals surface area contributed by atoms with Gasteiger partial charge in [-0.25, -0.2) is 0 Å². The van der Waals surface area contributed by atoms with Crippen LogP contribution >= 0.6 is 0 Å². The highest BCUT2D eigenvalue weighted by Gasteiger charge is 2.39. The first kappa shape index (κ1) is 18.4. The summed E-state index contributed by atoms with van der Waals surface area (Å²) in [5.74, 6) is -0.119. The van der Waals surface area contributed by atoms with Gasteiger partial charge in [0.05, 0.1) is 5.60 Å². The molecule has 26 heavy (non-hydrogen) atoms. The maximum absolute atomic E-state index is 12.0. The van der Waals surface area contributed by atoms with Crippen LogP contribution in [0.25, 0.3) is 0 Å². The summed E-state index contributed by atoms with van der Waals surface area (Å²) < 4.78 is 11.9. The standard InChI is InChI=1S/C20H24N2O4/c1-20(2)14-22(18(19(23)24)15-7-6-10-21-11-15)12-17(26-20)13-25-16-8-4-3-5-9-16/h3-11,17-18H,12-14H2,1-2H3,(H,23,24). The molecule has 1 saturated heterocycles. The molecular weight excluding hydrogens is 332 g/mol. The molecule has 1 fully saturated rings. The second-order valence-corrected chi connectivity index (χ2v) is 7.08. The monoisotopic (exact) mass is 356 g/mol. The van der Waals surface area contributed by atoms with E-state index in [1.807, 2.05) is 49.1 Å². The van der Waals surface area contributed by atoms with Crippen LogP contribution in [0.15, 0.2) is 54.9 Å². The van der Waals surface area contributed by atoms with Crippen LogP contribution in [-0.4, -0.2) is 52.4 Å². The molecule has 2 unspecified atom stereocenters. The fourth-order valence-electron chi connectivity index (χ4n) is 3.38. The van der Waals surface area contributed by atoms with Crippen molar-refractivity contribution in [2.45, 2.75) is 31.6 Å². The molecule has 0 saturated carbocycles. The number of carbonyl (C=O) groups is 1. The van der Waals surface area contributed by atoms with Crippen LogP contribution in [0.2, 0.25) is 0 Å². The number of nitrogens with zero attached hydrogens (tertiary/aromatic N) is 2. The summed E-state index contributed by atoms with van der Waals surface area (Å²) in [4.78, 5) is 18.0. The normalized spacial score (nSPS) is 21.1. The average Bonchev–Trinajstić information content (AvgIpc) is 2.60. The predicted molar refractivity (Wildman–Crippen MR) is 97.1 cm³/mol. The second kappa shape index (κ2) is 7.85. The summed E-state index contributed by atoms with van der Waals surface area (Å²) >= 11 is 0. The molecule has 0 radical (unpaired) electrons. The number of hydrogen-bond donors (Lipinski definition) is 1. The fourth-order valence-corrected chi connectivity index (χ4v) is 3.38. The molecule has 3 rings (SSSR count). The molecule has 0 aliphatic carbocycles. The van der Waals surface area contributed by atoms with E-state index in [0.717, 1.165) is 5.75 Å². The van der Waals surface area contributed by atoms with Gasteiger partial charge in [-0.2, -0.15) is 0 Å². The number of para-hydroxylation sites is 1. The minimum Gasteiger partial charge on any atom is -0.491 e. The van der Waals surface area contributed by atoms with Gasteiger partial charge in [-0.1, -0.05) is 24.3 Å². The Hall–Kier alpha value is -2.44. The number of hydrogen-bond acceptors (Lipinski definition) is 5. The number of ether oxygens (including phenoxy) is 2. The minimum absolute atomic E-state index is 0.225. The van der Waals surface area contributed by atoms with Crippen molar-refractivity contribution in [3.05, 3.63) is 60.4 Å². The molecule has 0 spiro atoms. The average molecular weight is 356 g/mol. The molecule has 1 aromatic heterocycles. The lowest BCUT2D eigenvalue weighted by Gasteiger charge is -2.44. The smallest absolute Gasteiger partial charge is 0.325 e. The summed E-state index contributed by atoms with van der Waals surface area (Å²) in [6, 6.07) is 12.3. The molecule has 2 heterocycles. The molecule has 1 aliphatic heterocycles. The van der Waals surface area contributed by atoms with E-state index in [1.54, 1.807) is 24.5 Å². The van der Waals surface area contributed by atoms with E-state index in [4.69, 9.17) is 9.47 Å². The maximum atomic E-state index is 12.0. The quantitative estimate of drug-likeness (QED) is 0.858. The Morgan fingerprint density at radius 3 is 2.77 bits per heavy atom. The lowest BCUT2D eigenvalue weighted by Crippen LogP contribution is -2.56. The van der Waals surface area contributed by atoms with Crippen molar-refractivity contribution in [1.29, 1.82) is 0 Å². The van der Waals surface area contributed by atoms with E-state index in [2.05, 4.69) is 4.98 Å². The Kier molecular flexibility index (Phi) is 5.54. The number of aliphatic carboxylic acids is 1. The van der Waals surface area contributed by atoms with Crippen LogP contribution in [0.1, 0.15) is 25.5 Å². The van der Waals surface area contributed by atoms with Gasteiger partial charge in [0, 0.05) is 25.5 Å². The third kappa shape index (κ3) is 4.59. The molecule has 1 aromatic carbocycles. The third-order valence-corrected chi connectivity index (χ3v) is 4.29. The van der Waals surface area contributed by atoms with Gasteiger partial charge in [0.1, 0.15) is 24.5 Å². The zero-order chi connectivity index (χ0) is 18.6. The summed E-state index contributed by atoms with van der Waals surface area (Å²) in [5, 5.41) is 9.80. The summed E-state index contributed by atoms with van der Waals surface area (Å²) in [6.45, 7) is 5.29. The highest BCUT2D eigenvalue weighted by Crippen LogP contribution is 2.29. The molecule has 2 aromatic rings. The van der Waals surface area contributed by atoms with Crippen molar-refractivity contribution in [1.82, 2.24) is 9.88 Å². The van der Waals surface area contributed by atoms with E-state index in [9.17, 15) is 9.90 Å². The summed E-state index contributed by atoms with van der Waals surface area (Å²) in [6.07, 6.45) is 3.02. The van der Waals surface area contributed by atoms with Gasteiger partial charge >= 0.3 is 5.97 Å². The van der Waals surface area contributed by atoms with Gasteiger partial charge in [0.25, 0.3) is 0 Å². The van der Waals surface area contributed by atoms with Gasteiger partial charge in [0.15, 0.2) is 0 Å². The lowest BCUT2D eigenvalue weighted by molar-refractivity contribution is -0.168. The summed E-state index contributed by atoms with van der Waals surface area (Å²) in [7, 11) is 0. The molecular formula is C20H24N2O4. The Morgan fingerprint density at radius 2 is 2.12 bits per heavy atom. The van der Waals surface area contributed by atoms with Gasteiger partial charge in [-0.3, -0.25) is 14.7 Å². The van der Waals surface area contributed by atoms with Gasteiger partial charge in [-0.05, 0) is 37.6 Å². The molecule has 2 atom stereocenters. The Balaban J connectivity index is 1.75. The van der Waals surface area contributed by atoms with Crippen molar-refractivity contribution in [2.24, 2.45) is 0 Å². The topological polar surface area (TPSA) is 71.9 Å². The van der Waals surface area contributed by atoms with Gasteiger partial charge in [0.2, 0.25) is 0 Å². The fraction of sp³-hybridized carbons (Fsp3) is 0.400. The lowest BCUT2D eigenvalue weighted by atomic mass is 10.00. The third-order valence-electron chi connectivity index (χ3n) is 4.29. The number of pyridine rings is 1. The van der Waals surface area contributed by atoms with Crippen LogP contribution in [0.4, 0.5) is 0 Å². The first-order chi connectivity index (χ1) is 12.4. The number of rotatable bonds is 6. The van der Waals surface area contributed by atoms with Crippen LogP contribution in [-0.2, 0) is 9.53 Å². The number of morpholine rings is 1. The molecule has 6 nitrogen and oxygen atoms in total. The van der Waals surface area contributed by atoms with Crippen LogP contribution in [0.3, 0.4) is 0 Å². The highest BCUT2D eigenvalue weighted by molar-refractivity contribution is 5.75. The SMILES string of the molecule is CC1(C)CN(C(C(=O)O)c2cccnc2)CC(COc2ccccc2)O1. The van der Waals surface area contributed by atoms with E-state index < -0.39 is 17.6 Å². The van der Waals surface area contributed by atoms with Gasteiger partial charge < -0.3 is 14.6 Å². The molecule has 0 bridgehead atoms. The van der Waals surface area contributed by atoms with Crippen molar-refractivity contribution in [3.8, 4) is 5.75 Å². The largest absolute Gasteiger partial charge is 0.491 e. The number of carboxylic acid groups (broad SMARTS) is 1. The van der Waals surface area contributed by atoms with Gasteiger partial charge in [-0.15, -0.1) is 0 Å². The van der Waals surface area contributed by atoms with Crippen LogP contribution in [0.5, 0.6) is 5.75 Å². The molecule has 138 valence electrons. The summed E-state index contributed by atoms with van der Waals surface area (Å²) in [5.41, 5.74) is 0.194. The van der Waals surface area contributed by atoms with E-state index in [0.29, 0.717) is 25.3 Å². The first-order valence-electron chi connectivity index (χ1n) is 8.67. The van der Waals surface area contributed by atoms with E-state index >= 15 is 0 Å². The first-order valence-corrected chi connectivity index (χ1v) is 8.67. The molecule has 0 amide bonds. The Labute approximate surface area is 153 Å². The van der Waals surface area contributed by atoms with Crippen molar-refractivity contribution < 1.29 is 19.4 Å². The van der Waals surface area contributed by atoms with Crippen LogP contribution in [0, 0.1) is 0 Å².